The van der Waals surface area contributed by atoms with Gasteiger partial charge in [-0.2, -0.15) is 0 Å². The lowest BCUT2D eigenvalue weighted by atomic mass is 9.64. The normalized spacial score (nSPS) is 18.5. The van der Waals surface area contributed by atoms with Crippen LogP contribution < -0.4 is 19.5 Å². The van der Waals surface area contributed by atoms with Gasteiger partial charge in [0.1, 0.15) is 23.9 Å². The molecule has 0 saturated carbocycles. The number of fused-ring (bicyclic) bond motifs is 1. The van der Waals surface area contributed by atoms with Crippen LogP contribution in [0.5, 0.6) is 17.2 Å². The first kappa shape index (κ1) is 30.3. The molecule has 226 valence electrons. The smallest absolute Gasteiger partial charge is 0.120 e. The predicted molar refractivity (Wildman–Crippen MR) is 174 cm³/mol. The van der Waals surface area contributed by atoms with Crippen molar-refractivity contribution in [3.63, 3.8) is 0 Å². The molecule has 1 atom stereocenters. The molecule has 1 unspecified atom stereocenters. The van der Waals surface area contributed by atoms with Crippen LogP contribution in [-0.4, -0.2) is 51.9 Å². The highest BCUT2D eigenvalue weighted by Crippen LogP contribution is 2.48. The molecule has 1 saturated heterocycles. The van der Waals surface area contributed by atoms with Gasteiger partial charge in [0.15, 0.2) is 0 Å². The molecule has 5 nitrogen and oxygen atoms in total. The summed E-state index contributed by atoms with van der Waals surface area (Å²) in [5, 5.41) is 3.78. The van der Waals surface area contributed by atoms with Gasteiger partial charge in [-0.3, -0.25) is 4.90 Å². The Hall–Kier alpha value is -3.18. The second kappa shape index (κ2) is 14.3. The van der Waals surface area contributed by atoms with E-state index in [1.807, 2.05) is 0 Å². The number of methoxy groups -OCH3 is 2. The fourth-order valence-electron chi connectivity index (χ4n) is 6.77. The van der Waals surface area contributed by atoms with Gasteiger partial charge in [0.05, 0.1) is 14.2 Å². The van der Waals surface area contributed by atoms with E-state index in [1.165, 1.54) is 66.7 Å². The average Bonchev–Trinajstić information content (AvgIpc) is 3.28. The lowest BCUT2D eigenvalue weighted by Gasteiger charge is -2.41. The maximum Gasteiger partial charge on any atom is 0.120 e. The molecule has 1 fully saturated rings. The molecule has 1 aliphatic carbocycles. The van der Waals surface area contributed by atoms with Gasteiger partial charge in [0.25, 0.3) is 0 Å². The van der Waals surface area contributed by atoms with E-state index in [1.54, 1.807) is 14.2 Å². The monoisotopic (exact) mass is 570 g/mol. The lowest BCUT2D eigenvalue weighted by Crippen LogP contribution is -2.32. The second-order valence-corrected chi connectivity index (χ2v) is 12.8. The summed E-state index contributed by atoms with van der Waals surface area (Å²) in [6, 6.07) is 21.8. The number of nitrogens with zero attached hydrogens (tertiary/aromatic N) is 1. The molecule has 0 spiro atoms. The number of hydrogen-bond acceptors (Lipinski definition) is 5. The number of ether oxygens (including phenoxy) is 3. The predicted octanol–water partition coefficient (Wildman–Crippen LogP) is 7.91. The first-order valence-corrected chi connectivity index (χ1v) is 16.0. The van der Waals surface area contributed by atoms with E-state index in [2.05, 4.69) is 84.7 Å². The molecular weight excluding hydrogens is 520 g/mol. The molecule has 0 aromatic heterocycles. The quantitative estimate of drug-likeness (QED) is 0.224. The summed E-state index contributed by atoms with van der Waals surface area (Å²) in [6.07, 6.45) is 9.55. The molecule has 3 aromatic rings. The summed E-state index contributed by atoms with van der Waals surface area (Å²) in [4.78, 5) is 2.55. The zero-order valence-electron chi connectivity index (χ0n) is 26.2. The zero-order valence-corrected chi connectivity index (χ0v) is 26.2. The van der Waals surface area contributed by atoms with Crippen LogP contribution in [0.4, 0.5) is 5.69 Å². The number of hydrogen-bond donors (Lipinski definition) is 1. The Bertz CT molecular complexity index is 1280. The minimum absolute atomic E-state index is 0.126. The zero-order chi connectivity index (χ0) is 29.4. The number of rotatable bonds is 12. The molecule has 1 heterocycles. The molecular formula is C37H50N2O3. The highest BCUT2D eigenvalue weighted by atomic mass is 16.5. The number of nitrogens with one attached hydrogen (secondary N) is 1. The lowest BCUT2D eigenvalue weighted by molar-refractivity contribution is 0.214. The maximum absolute atomic E-state index is 6.06. The van der Waals surface area contributed by atoms with Gasteiger partial charge >= 0.3 is 0 Å². The van der Waals surface area contributed by atoms with E-state index >= 15 is 0 Å². The molecule has 42 heavy (non-hydrogen) atoms. The molecule has 0 amide bonds. The van der Waals surface area contributed by atoms with Crippen molar-refractivity contribution >= 4 is 5.69 Å². The molecule has 0 bridgehead atoms. The third-order valence-electron chi connectivity index (χ3n) is 9.32. The van der Waals surface area contributed by atoms with Gasteiger partial charge in [0.2, 0.25) is 0 Å². The summed E-state index contributed by atoms with van der Waals surface area (Å²) >= 11 is 0. The van der Waals surface area contributed by atoms with Crippen LogP contribution in [-0.2, 0) is 19.3 Å². The van der Waals surface area contributed by atoms with Crippen LogP contribution in [0.25, 0.3) is 0 Å². The first-order valence-electron chi connectivity index (χ1n) is 16.0. The van der Waals surface area contributed by atoms with Gasteiger partial charge in [-0.05, 0) is 116 Å². The Balaban J connectivity index is 1.15. The van der Waals surface area contributed by atoms with Crippen LogP contribution in [0.15, 0.2) is 60.7 Å². The Morgan fingerprint density at radius 3 is 2.24 bits per heavy atom. The van der Waals surface area contributed by atoms with Crippen molar-refractivity contribution in [2.75, 3.05) is 52.3 Å². The van der Waals surface area contributed by atoms with E-state index in [4.69, 9.17) is 14.2 Å². The molecule has 5 rings (SSSR count). The molecule has 1 aliphatic heterocycles. The summed E-state index contributed by atoms with van der Waals surface area (Å²) in [5.74, 6) is 3.23. The summed E-state index contributed by atoms with van der Waals surface area (Å²) in [6.45, 7) is 9.94. The fourth-order valence-corrected chi connectivity index (χ4v) is 6.77. The molecule has 1 N–H and O–H groups in total. The molecule has 0 radical (unpaired) electrons. The summed E-state index contributed by atoms with van der Waals surface area (Å²) in [5.41, 5.74) is 6.88. The van der Waals surface area contributed by atoms with E-state index in [0.717, 1.165) is 62.6 Å². The largest absolute Gasteiger partial charge is 0.497 e. The van der Waals surface area contributed by atoms with E-state index in [-0.39, 0.29) is 5.41 Å². The van der Waals surface area contributed by atoms with Crippen molar-refractivity contribution in [1.82, 2.24) is 4.90 Å². The van der Waals surface area contributed by atoms with Crippen LogP contribution in [0.3, 0.4) is 0 Å². The van der Waals surface area contributed by atoms with E-state index in [0.29, 0.717) is 5.92 Å². The van der Waals surface area contributed by atoms with E-state index in [9.17, 15) is 0 Å². The van der Waals surface area contributed by atoms with Gasteiger partial charge < -0.3 is 19.5 Å². The minimum atomic E-state index is 0.126. The van der Waals surface area contributed by atoms with Crippen molar-refractivity contribution in [1.29, 1.82) is 0 Å². The number of likely N-dealkylation sites (tertiary alicyclic amines) is 1. The fraction of sp³-hybridized carbons (Fsp3) is 0.514. The highest BCUT2D eigenvalue weighted by Gasteiger charge is 2.37. The molecule has 5 heteroatoms. The number of aryl methyl sites for hydroxylation is 1. The standard InChI is InChI=1S/C37H50N2O3/c1-37(2)27-30-24-32(40-3)16-13-29(30)25-35(37)34-18-17-33(41-4)26-36(34)38-19-9-10-28-11-14-31(15-12-28)42-23-22-39-20-7-5-6-8-21-39/h11-18,24,26,35,38H,5-10,19-23,25,27H2,1-4H3. The van der Waals surface area contributed by atoms with Crippen molar-refractivity contribution in [2.24, 2.45) is 5.41 Å². The van der Waals surface area contributed by atoms with Gasteiger partial charge in [-0.1, -0.05) is 51.0 Å². The molecule has 3 aromatic carbocycles. The second-order valence-electron chi connectivity index (χ2n) is 12.8. The average molecular weight is 571 g/mol. The Morgan fingerprint density at radius 2 is 1.50 bits per heavy atom. The van der Waals surface area contributed by atoms with Crippen molar-refractivity contribution in [3.05, 3.63) is 82.9 Å². The Morgan fingerprint density at radius 1 is 0.810 bits per heavy atom. The Kier molecular flexibility index (Phi) is 10.3. The first-order chi connectivity index (χ1) is 20.4. The third-order valence-corrected chi connectivity index (χ3v) is 9.32. The number of anilines is 1. The van der Waals surface area contributed by atoms with Gasteiger partial charge in [0, 0.05) is 24.8 Å². The summed E-state index contributed by atoms with van der Waals surface area (Å²) in [7, 11) is 3.49. The maximum atomic E-state index is 6.06. The SMILES string of the molecule is COc1ccc2c(c1)CC(C)(C)C(c1ccc(OC)cc1NCCCc1ccc(OCCN3CCCCCC3)cc1)C2. The third kappa shape index (κ3) is 7.80. The summed E-state index contributed by atoms with van der Waals surface area (Å²) < 4.78 is 17.2. The van der Waals surface area contributed by atoms with Crippen LogP contribution in [0.1, 0.15) is 74.1 Å². The minimum Gasteiger partial charge on any atom is -0.497 e. The van der Waals surface area contributed by atoms with Gasteiger partial charge in [-0.25, -0.2) is 0 Å². The molecule has 2 aliphatic rings. The van der Waals surface area contributed by atoms with Crippen LogP contribution >= 0.6 is 0 Å². The topological polar surface area (TPSA) is 43.0 Å². The van der Waals surface area contributed by atoms with Crippen LogP contribution in [0, 0.1) is 5.41 Å². The van der Waals surface area contributed by atoms with Crippen molar-refractivity contribution in [2.45, 2.75) is 71.1 Å². The van der Waals surface area contributed by atoms with Gasteiger partial charge in [-0.15, -0.1) is 0 Å². The van der Waals surface area contributed by atoms with Crippen LogP contribution in [0.2, 0.25) is 0 Å². The van der Waals surface area contributed by atoms with E-state index < -0.39 is 0 Å². The van der Waals surface area contributed by atoms with Crippen molar-refractivity contribution < 1.29 is 14.2 Å². The number of benzene rings is 3. The Labute approximate surface area is 253 Å². The van der Waals surface area contributed by atoms with Crippen molar-refractivity contribution in [3.8, 4) is 17.2 Å². The highest BCUT2D eigenvalue weighted by molar-refractivity contribution is 5.58.